The number of ether oxygens (including phenoxy) is 2. The number of rotatable bonds is 8. The molecule has 38 heavy (non-hydrogen) atoms. The Morgan fingerprint density at radius 1 is 0.868 bits per heavy atom. The molecule has 5 rings (SSSR count). The molecule has 0 aromatic heterocycles. The number of amides is 1. The first kappa shape index (κ1) is 25.9. The number of nitrogens with zero attached hydrogens (tertiary/aromatic N) is 1. The van der Waals surface area contributed by atoms with Gasteiger partial charge in [-0.05, 0) is 53.5 Å². The number of piperidine rings is 1. The number of alkyl carbamates (subject to hydrolysis) is 1. The Balaban J connectivity index is 1.16. The molecule has 0 unspecified atom stereocenters. The van der Waals surface area contributed by atoms with E-state index in [0.29, 0.717) is 13.1 Å². The summed E-state index contributed by atoms with van der Waals surface area (Å²) >= 11 is 0. The number of hydrogen-bond acceptors (Lipinski definition) is 5. The molecule has 3 aromatic carbocycles. The molecular weight excluding hydrogens is 480 g/mol. The van der Waals surface area contributed by atoms with E-state index in [1.165, 1.54) is 22.3 Å². The average molecular weight is 515 g/mol. The highest BCUT2D eigenvalue weighted by molar-refractivity contribution is 5.80. The van der Waals surface area contributed by atoms with E-state index in [1.807, 2.05) is 30.3 Å². The van der Waals surface area contributed by atoms with Crippen molar-refractivity contribution in [3.63, 3.8) is 0 Å². The van der Waals surface area contributed by atoms with Crippen LogP contribution in [0.3, 0.4) is 0 Å². The number of benzene rings is 3. The molecule has 1 aliphatic heterocycles. The second-order valence-corrected chi connectivity index (χ2v) is 10.0. The van der Waals surface area contributed by atoms with Crippen molar-refractivity contribution in [3.8, 4) is 0 Å². The normalized spacial score (nSPS) is 17.1. The predicted molar refractivity (Wildman–Crippen MR) is 144 cm³/mol. The number of hydrogen-bond donors (Lipinski definition) is 2. The number of aliphatic carboxylic acids is 1. The summed E-state index contributed by atoms with van der Waals surface area (Å²) in [7, 11) is 0. The van der Waals surface area contributed by atoms with Crippen LogP contribution in [0.15, 0.2) is 78.9 Å². The standard InChI is InChI=1S/C31H34N2O5/c34-30(35)28(32-31(36)37-21-22-8-2-1-3-9-22)20-33-18-16-25(17-19-33)38-29-26-12-6-4-10-23(26)14-15-24-11-5-7-13-27(24)29/h1-13,25,28-29H,14-21H2,(H,32,36)(H,34,35)/t28-/m1/s1. The molecular formula is C31H34N2O5. The van der Waals surface area contributed by atoms with Crippen LogP contribution >= 0.6 is 0 Å². The fourth-order valence-electron chi connectivity index (χ4n) is 5.39. The van der Waals surface area contributed by atoms with Gasteiger partial charge in [-0.25, -0.2) is 9.59 Å². The number of carboxylic acid groups (broad SMARTS) is 1. The minimum atomic E-state index is -1.08. The summed E-state index contributed by atoms with van der Waals surface area (Å²) in [4.78, 5) is 26.2. The Morgan fingerprint density at radius 3 is 2.05 bits per heavy atom. The summed E-state index contributed by atoms with van der Waals surface area (Å²) in [6, 6.07) is 25.3. The number of carbonyl (C=O) groups is 2. The van der Waals surface area contributed by atoms with Crippen LogP contribution in [-0.4, -0.2) is 53.8 Å². The Morgan fingerprint density at radius 2 is 1.45 bits per heavy atom. The Kier molecular flexibility index (Phi) is 8.36. The molecule has 7 nitrogen and oxygen atoms in total. The second kappa shape index (κ2) is 12.2. The number of carbonyl (C=O) groups excluding carboxylic acids is 1. The fourth-order valence-corrected chi connectivity index (χ4v) is 5.39. The highest BCUT2D eigenvalue weighted by Gasteiger charge is 2.31. The first-order chi connectivity index (χ1) is 18.6. The summed E-state index contributed by atoms with van der Waals surface area (Å²) in [5, 5.41) is 12.2. The van der Waals surface area contributed by atoms with E-state index in [4.69, 9.17) is 9.47 Å². The maximum absolute atomic E-state index is 12.2. The third kappa shape index (κ3) is 6.41. The van der Waals surface area contributed by atoms with Crippen LogP contribution in [0.1, 0.15) is 46.8 Å². The molecule has 2 aliphatic rings. The van der Waals surface area contributed by atoms with Gasteiger partial charge >= 0.3 is 12.1 Å². The number of nitrogens with one attached hydrogen (secondary N) is 1. The van der Waals surface area contributed by atoms with Crippen LogP contribution in [0.5, 0.6) is 0 Å². The molecule has 0 spiro atoms. The van der Waals surface area contributed by atoms with Crippen molar-refractivity contribution in [1.29, 1.82) is 0 Å². The van der Waals surface area contributed by atoms with E-state index in [1.54, 1.807) is 0 Å². The third-order valence-electron chi connectivity index (χ3n) is 7.45. The van der Waals surface area contributed by atoms with Gasteiger partial charge in [-0.3, -0.25) is 0 Å². The predicted octanol–water partition coefficient (Wildman–Crippen LogP) is 4.74. The zero-order valence-electron chi connectivity index (χ0n) is 21.4. The van der Waals surface area contributed by atoms with Crippen molar-refractivity contribution < 1.29 is 24.2 Å². The monoisotopic (exact) mass is 514 g/mol. The summed E-state index contributed by atoms with van der Waals surface area (Å²) < 4.78 is 12.0. The van der Waals surface area contributed by atoms with Crippen molar-refractivity contribution in [2.45, 2.75) is 50.5 Å². The van der Waals surface area contributed by atoms with Gasteiger partial charge in [-0.15, -0.1) is 0 Å². The van der Waals surface area contributed by atoms with Gasteiger partial charge in [-0.1, -0.05) is 78.9 Å². The Hall–Kier alpha value is -3.68. The molecule has 198 valence electrons. The van der Waals surface area contributed by atoms with E-state index in [2.05, 4.69) is 58.7 Å². The van der Waals surface area contributed by atoms with Gasteiger partial charge < -0.3 is 24.8 Å². The quantitative estimate of drug-likeness (QED) is 0.452. The zero-order chi connectivity index (χ0) is 26.3. The van der Waals surface area contributed by atoms with Crippen molar-refractivity contribution in [2.24, 2.45) is 0 Å². The topological polar surface area (TPSA) is 88.1 Å². The van der Waals surface area contributed by atoms with Gasteiger partial charge in [-0.2, -0.15) is 0 Å². The first-order valence-corrected chi connectivity index (χ1v) is 13.3. The lowest BCUT2D eigenvalue weighted by atomic mass is 9.96. The Bertz CT molecular complexity index is 1190. The summed E-state index contributed by atoms with van der Waals surface area (Å²) in [6.45, 7) is 1.71. The molecule has 0 saturated carbocycles. The molecule has 0 radical (unpaired) electrons. The zero-order valence-corrected chi connectivity index (χ0v) is 21.4. The van der Waals surface area contributed by atoms with Gasteiger partial charge in [0.25, 0.3) is 0 Å². The molecule has 1 aliphatic carbocycles. The average Bonchev–Trinajstić information content (AvgIpc) is 3.10. The number of fused-ring (bicyclic) bond motifs is 2. The van der Waals surface area contributed by atoms with Gasteiger partial charge in [0.2, 0.25) is 0 Å². The second-order valence-electron chi connectivity index (χ2n) is 10.0. The fraction of sp³-hybridized carbons (Fsp3) is 0.355. The number of carboxylic acids is 1. The van der Waals surface area contributed by atoms with Crippen LogP contribution < -0.4 is 5.32 Å². The molecule has 1 saturated heterocycles. The van der Waals surface area contributed by atoms with E-state index in [0.717, 1.165) is 31.2 Å². The van der Waals surface area contributed by atoms with E-state index >= 15 is 0 Å². The lowest BCUT2D eigenvalue weighted by Crippen LogP contribution is -2.50. The third-order valence-corrected chi connectivity index (χ3v) is 7.45. The lowest BCUT2D eigenvalue weighted by Gasteiger charge is -2.35. The van der Waals surface area contributed by atoms with Crippen LogP contribution in [0.25, 0.3) is 0 Å². The molecule has 3 aromatic rings. The van der Waals surface area contributed by atoms with Gasteiger partial charge in [0.1, 0.15) is 18.8 Å². The number of aryl methyl sites for hydroxylation is 2. The van der Waals surface area contributed by atoms with Crippen LogP contribution in [-0.2, 0) is 33.7 Å². The molecule has 1 heterocycles. The minimum Gasteiger partial charge on any atom is -0.480 e. The highest BCUT2D eigenvalue weighted by atomic mass is 16.5. The van der Waals surface area contributed by atoms with Crippen LogP contribution in [0, 0.1) is 0 Å². The van der Waals surface area contributed by atoms with Crippen molar-refractivity contribution in [2.75, 3.05) is 19.6 Å². The smallest absolute Gasteiger partial charge is 0.408 e. The Labute approximate surface area is 223 Å². The van der Waals surface area contributed by atoms with Gasteiger partial charge in [0.15, 0.2) is 0 Å². The van der Waals surface area contributed by atoms with Crippen molar-refractivity contribution in [1.82, 2.24) is 10.2 Å². The lowest BCUT2D eigenvalue weighted by molar-refractivity contribution is -0.140. The SMILES string of the molecule is O=C(N[C@H](CN1CCC(OC2c3ccccc3CCc3ccccc32)CC1)C(=O)O)OCc1ccccc1. The molecule has 7 heteroatoms. The first-order valence-electron chi connectivity index (χ1n) is 13.3. The molecule has 1 atom stereocenters. The summed E-state index contributed by atoms with van der Waals surface area (Å²) in [5.41, 5.74) is 5.99. The van der Waals surface area contributed by atoms with E-state index < -0.39 is 18.1 Å². The van der Waals surface area contributed by atoms with E-state index in [9.17, 15) is 14.7 Å². The molecule has 1 fully saturated rings. The largest absolute Gasteiger partial charge is 0.480 e. The number of likely N-dealkylation sites (tertiary alicyclic amines) is 1. The molecule has 0 bridgehead atoms. The van der Waals surface area contributed by atoms with Crippen molar-refractivity contribution in [3.05, 3.63) is 107 Å². The summed E-state index contributed by atoms with van der Waals surface area (Å²) in [6.07, 6.45) is 2.84. The minimum absolute atomic E-state index is 0.0718. The summed E-state index contributed by atoms with van der Waals surface area (Å²) in [5.74, 6) is -1.08. The highest BCUT2D eigenvalue weighted by Crippen LogP contribution is 2.37. The van der Waals surface area contributed by atoms with Crippen molar-refractivity contribution >= 4 is 12.1 Å². The van der Waals surface area contributed by atoms with Crippen LogP contribution in [0.4, 0.5) is 4.79 Å². The maximum atomic E-state index is 12.2. The molecule has 2 N–H and O–H groups in total. The molecule has 1 amide bonds. The maximum Gasteiger partial charge on any atom is 0.408 e. The van der Waals surface area contributed by atoms with Crippen LogP contribution in [0.2, 0.25) is 0 Å². The van der Waals surface area contributed by atoms with Gasteiger partial charge in [0.05, 0.1) is 6.10 Å². The van der Waals surface area contributed by atoms with Gasteiger partial charge in [0, 0.05) is 19.6 Å². The van der Waals surface area contributed by atoms with E-state index in [-0.39, 0.29) is 25.4 Å².